The van der Waals surface area contributed by atoms with Gasteiger partial charge in [-0.2, -0.15) is 0 Å². The topological polar surface area (TPSA) is 30.7 Å². The molecule has 3 rings (SSSR count). The van der Waals surface area contributed by atoms with Crippen LogP contribution in [0.2, 0.25) is 5.28 Å². The van der Waals surface area contributed by atoms with Crippen LogP contribution in [0.3, 0.4) is 0 Å². The number of rotatable bonds is 5. The van der Waals surface area contributed by atoms with Crippen LogP contribution in [0.4, 0.5) is 0 Å². The second-order valence-corrected chi connectivity index (χ2v) is 5.94. The second-order valence-electron chi connectivity index (χ2n) is 5.60. The summed E-state index contributed by atoms with van der Waals surface area (Å²) in [7, 11) is 0. The molecule has 1 aromatic heterocycles. The van der Waals surface area contributed by atoms with Crippen LogP contribution in [0.15, 0.2) is 30.3 Å². The van der Waals surface area contributed by atoms with Gasteiger partial charge in [0, 0.05) is 12.1 Å². The van der Waals surface area contributed by atoms with Crippen LogP contribution in [0.1, 0.15) is 38.5 Å². The lowest BCUT2D eigenvalue weighted by molar-refractivity contribution is 0.459. The molecule has 3 nitrogen and oxygen atoms in total. The van der Waals surface area contributed by atoms with Crippen molar-refractivity contribution in [2.75, 3.05) is 0 Å². The van der Waals surface area contributed by atoms with Crippen molar-refractivity contribution in [2.24, 2.45) is 5.92 Å². The third-order valence-electron chi connectivity index (χ3n) is 4.21. The molecule has 0 radical (unpaired) electrons. The van der Waals surface area contributed by atoms with E-state index in [4.69, 9.17) is 11.6 Å². The van der Waals surface area contributed by atoms with Crippen LogP contribution in [-0.2, 0) is 6.54 Å². The van der Waals surface area contributed by atoms with E-state index in [0.29, 0.717) is 5.28 Å². The van der Waals surface area contributed by atoms with Gasteiger partial charge >= 0.3 is 0 Å². The standard InChI is InChI=1S/C16H20ClN3/c17-16-19-18-15(14-10-2-1-3-11-14)20(16)12-6-9-13-7-4-5-8-13/h1-3,10-11,13H,4-9,12H2. The van der Waals surface area contributed by atoms with Crippen molar-refractivity contribution in [1.29, 1.82) is 0 Å². The lowest BCUT2D eigenvalue weighted by atomic mass is 10.0. The molecule has 0 unspecified atom stereocenters. The maximum absolute atomic E-state index is 6.18. The van der Waals surface area contributed by atoms with E-state index >= 15 is 0 Å². The van der Waals surface area contributed by atoms with Gasteiger partial charge < -0.3 is 0 Å². The molecule has 20 heavy (non-hydrogen) atoms. The molecular formula is C16H20ClN3. The Morgan fingerprint density at radius 3 is 2.60 bits per heavy atom. The summed E-state index contributed by atoms with van der Waals surface area (Å²) in [6.45, 7) is 0.909. The highest BCUT2D eigenvalue weighted by Crippen LogP contribution is 2.29. The number of halogens is 1. The van der Waals surface area contributed by atoms with Gasteiger partial charge in [-0.3, -0.25) is 4.57 Å². The van der Waals surface area contributed by atoms with E-state index < -0.39 is 0 Å². The molecule has 4 heteroatoms. The van der Waals surface area contributed by atoms with Crippen molar-refractivity contribution >= 4 is 11.6 Å². The zero-order chi connectivity index (χ0) is 13.8. The number of benzene rings is 1. The van der Waals surface area contributed by atoms with E-state index in [0.717, 1.165) is 30.3 Å². The van der Waals surface area contributed by atoms with Gasteiger partial charge in [-0.1, -0.05) is 56.0 Å². The van der Waals surface area contributed by atoms with E-state index in [1.165, 1.54) is 32.1 Å². The SMILES string of the molecule is Clc1nnc(-c2ccccc2)n1CCCC1CCCC1. The van der Waals surface area contributed by atoms with Crippen molar-refractivity contribution in [2.45, 2.75) is 45.1 Å². The molecule has 1 aliphatic carbocycles. The molecule has 1 heterocycles. The number of hydrogen-bond acceptors (Lipinski definition) is 2. The smallest absolute Gasteiger partial charge is 0.225 e. The van der Waals surface area contributed by atoms with Crippen LogP contribution in [0.25, 0.3) is 11.4 Å². The average Bonchev–Trinajstić information content (AvgIpc) is 3.11. The Labute approximate surface area is 125 Å². The van der Waals surface area contributed by atoms with Gasteiger partial charge in [0.1, 0.15) is 0 Å². The Balaban J connectivity index is 1.68. The van der Waals surface area contributed by atoms with Gasteiger partial charge in [0.15, 0.2) is 5.82 Å². The minimum absolute atomic E-state index is 0.496. The molecule has 106 valence electrons. The number of hydrogen-bond donors (Lipinski definition) is 0. The summed E-state index contributed by atoms with van der Waals surface area (Å²) in [5, 5.41) is 8.73. The molecule has 1 saturated carbocycles. The van der Waals surface area contributed by atoms with Crippen molar-refractivity contribution in [3.05, 3.63) is 35.6 Å². The van der Waals surface area contributed by atoms with Crippen LogP contribution >= 0.6 is 11.6 Å². The third-order valence-corrected chi connectivity index (χ3v) is 4.49. The van der Waals surface area contributed by atoms with E-state index in [1.54, 1.807) is 0 Å². The van der Waals surface area contributed by atoms with Gasteiger partial charge in [-0.05, 0) is 30.4 Å². The normalized spacial score (nSPS) is 15.8. The monoisotopic (exact) mass is 289 g/mol. The third kappa shape index (κ3) is 3.04. The molecule has 0 N–H and O–H groups in total. The molecule has 1 aromatic carbocycles. The molecule has 0 spiro atoms. The lowest BCUT2D eigenvalue weighted by Gasteiger charge is -2.11. The summed E-state index contributed by atoms with van der Waals surface area (Å²) in [5.41, 5.74) is 1.08. The molecule has 0 aliphatic heterocycles. The first-order chi connectivity index (χ1) is 9.84. The van der Waals surface area contributed by atoms with E-state index in [1.807, 2.05) is 34.9 Å². The minimum atomic E-state index is 0.496. The van der Waals surface area contributed by atoms with Crippen LogP contribution in [0.5, 0.6) is 0 Å². The van der Waals surface area contributed by atoms with Crippen molar-refractivity contribution < 1.29 is 0 Å². The number of nitrogens with zero attached hydrogens (tertiary/aromatic N) is 3. The molecular weight excluding hydrogens is 270 g/mol. The summed E-state index contributed by atoms with van der Waals surface area (Å²) >= 11 is 6.18. The van der Waals surface area contributed by atoms with Crippen LogP contribution in [-0.4, -0.2) is 14.8 Å². The molecule has 0 amide bonds. The first kappa shape index (κ1) is 13.6. The quantitative estimate of drug-likeness (QED) is 0.807. The Bertz CT molecular complexity index is 544. The maximum atomic E-state index is 6.18. The van der Waals surface area contributed by atoms with Gasteiger partial charge in [0.25, 0.3) is 0 Å². The molecule has 0 saturated heterocycles. The van der Waals surface area contributed by atoms with Crippen molar-refractivity contribution in [3.8, 4) is 11.4 Å². The highest BCUT2D eigenvalue weighted by Gasteiger charge is 2.16. The molecule has 0 atom stereocenters. The highest BCUT2D eigenvalue weighted by molar-refractivity contribution is 6.28. The summed E-state index contributed by atoms with van der Waals surface area (Å²) in [6.07, 6.45) is 8.08. The average molecular weight is 290 g/mol. The first-order valence-electron chi connectivity index (χ1n) is 7.49. The molecule has 2 aromatic rings. The van der Waals surface area contributed by atoms with Crippen LogP contribution in [0, 0.1) is 5.92 Å². The minimum Gasteiger partial charge on any atom is -0.298 e. The fourth-order valence-corrected chi connectivity index (χ4v) is 3.32. The molecule has 1 fully saturated rings. The fourth-order valence-electron chi connectivity index (χ4n) is 3.12. The highest BCUT2D eigenvalue weighted by atomic mass is 35.5. The zero-order valence-electron chi connectivity index (χ0n) is 11.6. The predicted octanol–water partition coefficient (Wildman–Crippen LogP) is 4.57. The maximum Gasteiger partial charge on any atom is 0.225 e. The first-order valence-corrected chi connectivity index (χ1v) is 7.86. The summed E-state index contributed by atoms with van der Waals surface area (Å²) < 4.78 is 2.03. The van der Waals surface area contributed by atoms with Crippen molar-refractivity contribution in [3.63, 3.8) is 0 Å². The van der Waals surface area contributed by atoms with E-state index in [-0.39, 0.29) is 0 Å². The zero-order valence-corrected chi connectivity index (χ0v) is 12.4. The predicted molar refractivity (Wildman–Crippen MR) is 81.7 cm³/mol. The lowest BCUT2D eigenvalue weighted by Crippen LogP contribution is -2.03. The second kappa shape index (κ2) is 6.40. The summed E-state index contributed by atoms with van der Waals surface area (Å²) in [6, 6.07) is 10.1. The van der Waals surface area contributed by atoms with Gasteiger partial charge in [-0.25, -0.2) is 0 Å². The van der Waals surface area contributed by atoms with Gasteiger partial charge in [-0.15, -0.1) is 10.2 Å². The largest absolute Gasteiger partial charge is 0.298 e. The fraction of sp³-hybridized carbons (Fsp3) is 0.500. The van der Waals surface area contributed by atoms with Crippen LogP contribution < -0.4 is 0 Å². The van der Waals surface area contributed by atoms with Crippen molar-refractivity contribution in [1.82, 2.24) is 14.8 Å². The molecule has 1 aliphatic rings. The van der Waals surface area contributed by atoms with E-state index in [2.05, 4.69) is 10.2 Å². The Morgan fingerprint density at radius 2 is 1.85 bits per heavy atom. The Hall–Kier alpha value is -1.35. The van der Waals surface area contributed by atoms with E-state index in [9.17, 15) is 0 Å². The Kier molecular flexibility index (Phi) is 4.36. The van der Waals surface area contributed by atoms with Gasteiger partial charge in [0.2, 0.25) is 5.28 Å². The number of aromatic nitrogens is 3. The Morgan fingerprint density at radius 1 is 1.10 bits per heavy atom. The summed E-state index contributed by atoms with van der Waals surface area (Å²) in [4.78, 5) is 0. The summed E-state index contributed by atoms with van der Waals surface area (Å²) in [5.74, 6) is 1.80. The van der Waals surface area contributed by atoms with Gasteiger partial charge in [0.05, 0.1) is 0 Å². The molecule has 0 bridgehead atoms.